The van der Waals surface area contributed by atoms with Gasteiger partial charge in [-0.25, -0.2) is 14.4 Å². The van der Waals surface area contributed by atoms with Crippen LogP contribution in [0, 0.1) is 5.82 Å². The monoisotopic (exact) mass is 350 g/mol. The molecule has 0 aliphatic heterocycles. The number of hydrogen-bond acceptors (Lipinski definition) is 5. The lowest BCUT2D eigenvalue weighted by atomic mass is 10.1. The van der Waals surface area contributed by atoms with Crippen LogP contribution in [0.2, 0.25) is 0 Å². The van der Waals surface area contributed by atoms with Crippen LogP contribution < -0.4 is 4.74 Å². The number of halogens is 1. The summed E-state index contributed by atoms with van der Waals surface area (Å²) in [6, 6.07) is 12.1. The third-order valence-corrected chi connectivity index (χ3v) is 4.14. The summed E-state index contributed by atoms with van der Waals surface area (Å²) in [4.78, 5) is 8.97. The minimum atomic E-state index is -0.462. The number of hydrogen-bond donors (Lipinski definition) is 2. The molecule has 0 atom stereocenters. The van der Waals surface area contributed by atoms with Gasteiger partial charge in [0.2, 0.25) is 0 Å². The number of ether oxygens (including phenoxy) is 1. The maximum atomic E-state index is 14.0. The van der Waals surface area contributed by atoms with Crippen molar-refractivity contribution in [3.05, 3.63) is 60.0 Å². The van der Waals surface area contributed by atoms with Gasteiger partial charge in [-0.3, -0.25) is 5.10 Å². The molecule has 7 heteroatoms. The molecular formula is C19H15FN4O2. The highest BCUT2D eigenvalue weighted by molar-refractivity contribution is 5.88. The largest absolute Gasteiger partial charge is 0.494 e. The topological polar surface area (TPSA) is 83.9 Å². The second-order valence-electron chi connectivity index (χ2n) is 5.73. The van der Waals surface area contributed by atoms with Crippen molar-refractivity contribution in [2.24, 2.45) is 0 Å². The van der Waals surface area contributed by atoms with Crippen LogP contribution in [-0.2, 0) is 6.61 Å². The minimum absolute atomic E-state index is 0.0140. The van der Waals surface area contributed by atoms with E-state index in [1.807, 2.05) is 24.3 Å². The second kappa shape index (κ2) is 6.53. The number of H-pyrrole nitrogens is 1. The molecule has 0 spiro atoms. The van der Waals surface area contributed by atoms with Gasteiger partial charge in [-0.1, -0.05) is 24.3 Å². The fourth-order valence-corrected chi connectivity index (χ4v) is 2.74. The van der Waals surface area contributed by atoms with Crippen LogP contribution in [0.5, 0.6) is 5.75 Å². The van der Waals surface area contributed by atoms with Gasteiger partial charge in [0.15, 0.2) is 17.2 Å². The number of aliphatic hydroxyl groups is 1. The Morgan fingerprint density at radius 2 is 1.88 bits per heavy atom. The third-order valence-electron chi connectivity index (χ3n) is 4.14. The lowest BCUT2D eigenvalue weighted by Gasteiger charge is -2.05. The Hall–Kier alpha value is -3.32. The molecule has 0 radical (unpaired) electrons. The van der Waals surface area contributed by atoms with Gasteiger partial charge in [-0.15, -0.1) is 0 Å². The van der Waals surface area contributed by atoms with E-state index in [1.165, 1.54) is 13.2 Å². The summed E-state index contributed by atoms with van der Waals surface area (Å²) in [5.41, 5.74) is 4.55. The molecule has 2 N–H and O–H groups in total. The van der Waals surface area contributed by atoms with Crippen molar-refractivity contribution in [3.63, 3.8) is 0 Å². The Labute approximate surface area is 148 Å². The molecule has 2 aromatic carbocycles. The molecule has 0 aliphatic rings. The molecule has 130 valence electrons. The number of aliphatic hydroxyl groups excluding tert-OH is 1. The van der Waals surface area contributed by atoms with E-state index in [1.54, 1.807) is 18.3 Å². The number of methoxy groups -OCH3 is 1. The Morgan fingerprint density at radius 1 is 1.12 bits per heavy atom. The first-order chi connectivity index (χ1) is 12.7. The number of aromatic amines is 1. The standard InChI is InChI=1S/C19H15FN4O2/c1-26-16-7-6-13(8-14(16)20)17-18-19(24-23-17)21-9-15(22-18)12-4-2-11(10-25)3-5-12/h2-9,25H,10H2,1H3,(H,21,23,24). The summed E-state index contributed by atoms with van der Waals surface area (Å²) in [5, 5.41) is 16.2. The van der Waals surface area contributed by atoms with E-state index < -0.39 is 5.82 Å². The van der Waals surface area contributed by atoms with Crippen LogP contribution in [0.4, 0.5) is 4.39 Å². The highest BCUT2D eigenvalue weighted by Crippen LogP contribution is 2.29. The number of fused-ring (bicyclic) bond motifs is 1. The van der Waals surface area contributed by atoms with E-state index in [9.17, 15) is 4.39 Å². The van der Waals surface area contributed by atoms with E-state index in [0.29, 0.717) is 28.1 Å². The zero-order valence-electron chi connectivity index (χ0n) is 13.9. The van der Waals surface area contributed by atoms with Gasteiger partial charge in [0.05, 0.1) is 31.3 Å². The molecule has 0 fully saturated rings. The SMILES string of the molecule is COc1ccc(-c2[nH]nc3ncc(-c4ccc(CO)cc4)nc23)cc1F. The van der Waals surface area contributed by atoms with Gasteiger partial charge in [0.25, 0.3) is 0 Å². The van der Waals surface area contributed by atoms with E-state index in [2.05, 4.69) is 20.2 Å². The van der Waals surface area contributed by atoms with Crippen molar-refractivity contribution in [1.29, 1.82) is 0 Å². The van der Waals surface area contributed by atoms with Crippen molar-refractivity contribution in [2.45, 2.75) is 6.61 Å². The molecule has 0 saturated carbocycles. The summed E-state index contributed by atoms with van der Waals surface area (Å²) < 4.78 is 19.0. The number of nitrogens with one attached hydrogen (secondary N) is 1. The van der Waals surface area contributed by atoms with Crippen molar-refractivity contribution in [1.82, 2.24) is 20.2 Å². The predicted octanol–water partition coefficient (Wildman–Crippen LogP) is 3.33. The van der Waals surface area contributed by atoms with E-state index in [-0.39, 0.29) is 12.4 Å². The number of rotatable bonds is 4. The summed E-state index contributed by atoms with van der Waals surface area (Å²) in [6.45, 7) is -0.0140. The third kappa shape index (κ3) is 2.78. The highest BCUT2D eigenvalue weighted by atomic mass is 19.1. The Balaban J connectivity index is 1.80. The summed E-state index contributed by atoms with van der Waals surface area (Å²) in [7, 11) is 1.42. The smallest absolute Gasteiger partial charge is 0.200 e. The highest BCUT2D eigenvalue weighted by Gasteiger charge is 2.14. The summed E-state index contributed by atoms with van der Waals surface area (Å²) >= 11 is 0. The molecule has 2 aromatic heterocycles. The van der Waals surface area contributed by atoms with Gasteiger partial charge < -0.3 is 9.84 Å². The molecule has 6 nitrogen and oxygen atoms in total. The molecule has 0 bridgehead atoms. The maximum absolute atomic E-state index is 14.0. The quantitative estimate of drug-likeness (QED) is 0.590. The molecule has 4 aromatic rings. The zero-order chi connectivity index (χ0) is 18.1. The average molecular weight is 350 g/mol. The van der Waals surface area contributed by atoms with Gasteiger partial charge in [0, 0.05) is 11.1 Å². The van der Waals surface area contributed by atoms with Crippen molar-refractivity contribution < 1.29 is 14.2 Å². The van der Waals surface area contributed by atoms with Crippen LogP contribution >= 0.6 is 0 Å². The summed E-state index contributed by atoms with van der Waals surface area (Å²) in [6.07, 6.45) is 1.63. The number of aromatic nitrogens is 4. The van der Waals surface area contributed by atoms with E-state index >= 15 is 0 Å². The zero-order valence-corrected chi connectivity index (χ0v) is 13.9. The fraction of sp³-hybridized carbons (Fsp3) is 0.105. The van der Waals surface area contributed by atoms with Crippen molar-refractivity contribution in [2.75, 3.05) is 7.11 Å². The number of nitrogens with zero attached hydrogens (tertiary/aromatic N) is 3. The maximum Gasteiger partial charge on any atom is 0.200 e. The van der Waals surface area contributed by atoms with Gasteiger partial charge in [-0.2, -0.15) is 5.10 Å². The number of benzene rings is 2. The molecule has 0 saturated heterocycles. The van der Waals surface area contributed by atoms with Crippen molar-refractivity contribution in [3.8, 4) is 28.3 Å². The van der Waals surface area contributed by atoms with E-state index in [4.69, 9.17) is 9.84 Å². The molecule has 0 aliphatic carbocycles. The molecule has 26 heavy (non-hydrogen) atoms. The Kier molecular flexibility index (Phi) is 4.06. The van der Waals surface area contributed by atoms with Crippen molar-refractivity contribution >= 4 is 11.2 Å². The van der Waals surface area contributed by atoms with Gasteiger partial charge in [0.1, 0.15) is 5.52 Å². The normalized spacial score (nSPS) is 11.0. The lowest BCUT2D eigenvalue weighted by Crippen LogP contribution is -1.91. The first kappa shape index (κ1) is 16.2. The van der Waals surface area contributed by atoms with Crippen LogP contribution in [0.3, 0.4) is 0 Å². The fourth-order valence-electron chi connectivity index (χ4n) is 2.74. The molecule has 2 heterocycles. The van der Waals surface area contributed by atoms with Gasteiger partial charge >= 0.3 is 0 Å². The Bertz CT molecular complexity index is 1080. The summed E-state index contributed by atoms with van der Waals surface area (Å²) in [5.74, 6) is -0.287. The van der Waals surface area contributed by atoms with Crippen LogP contribution in [0.15, 0.2) is 48.7 Å². The van der Waals surface area contributed by atoms with Crippen LogP contribution in [0.1, 0.15) is 5.56 Å². The molecule has 0 amide bonds. The van der Waals surface area contributed by atoms with Gasteiger partial charge in [-0.05, 0) is 23.8 Å². The Morgan fingerprint density at radius 3 is 2.58 bits per heavy atom. The molecule has 4 rings (SSSR count). The van der Waals surface area contributed by atoms with E-state index in [0.717, 1.165) is 11.1 Å². The predicted molar refractivity (Wildman–Crippen MR) is 95.0 cm³/mol. The molecule has 0 unspecified atom stereocenters. The molecular weight excluding hydrogens is 335 g/mol. The second-order valence-corrected chi connectivity index (χ2v) is 5.73. The minimum Gasteiger partial charge on any atom is -0.494 e. The average Bonchev–Trinajstić information content (AvgIpc) is 3.11. The van der Waals surface area contributed by atoms with Crippen LogP contribution in [0.25, 0.3) is 33.7 Å². The lowest BCUT2D eigenvalue weighted by molar-refractivity contribution is 0.282. The van der Waals surface area contributed by atoms with Crippen LogP contribution in [-0.4, -0.2) is 32.4 Å². The first-order valence-corrected chi connectivity index (χ1v) is 7.95. The first-order valence-electron chi connectivity index (χ1n) is 7.95.